The molecule has 5 rings (SSSR count). The highest BCUT2D eigenvalue weighted by molar-refractivity contribution is 7.15. The second kappa shape index (κ2) is 12.9. The van der Waals surface area contributed by atoms with Crippen molar-refractivity contribution in [2.75, 3.05) is 24.9 Å². The number of hydrogen-bond acceptors (Lipinski definition) is 12. The van der Waals surface area contributed by atoms with Gasteiger partial charge < -0.3 is 20.1 Å². The van der Waals surface area contributed by atoms with Crippen molar-refractivity contribution < 1.29 is 14.3 Å². The summed E-state index contributed by atoms with van der Waals surface area (Å²) in [7, 11) is 3.22. The Labute approximate surface area is 240 Å². The molecular weight excluding hydrogens is 548 g/mol. The molecule has 0 radical (unpaired) electrons. The van der Waals surface area contributed by atoms with Gasteiger partial charge in [-0.05, 0) is 31.4 Å². The lowest BCUT2D eigenvalue weighted by atomic mass is 9.82. The molecule has 1 saturated carbocycles. The van der Waals surface area contributed by atoms with Gasteiger partial charge in [-0.15, -0.1) is 20.4 Å². The second-order valence-electron chi connectivity index (χ2n) is 9.46. The van der Waals surface area contributed by atoms with Crippen LogP contribution in [0.4, 0.5) is 10.3 Å². The Bertz CT molecular complexity index is 1370. The van der Waals surface area contributed by atoms with Gasteiger partial charge in [-0.25, -0.2) is 0 Å². The van der Waals surface area contributed by atoms with Crippen LogP contribution < -0.4 is 20.1 Å². The number of pyridine rings is 2. The number of aromatic nitrogens is 6. The zero-order valence-electron chi connectivity index (χ0n) is 22.3. The fraction of sp³-hybridized carbons (Fsp3) is 0.370. The van der Waals surface area contributed by atoms with Crippen LogP contribution in [-0.2, 0) is 17.6 Å². The van der Waals surface area contributed by atoms with Gasteiger partial charge in [0.15, 0.2) is 0 Å². The molecule has 0 spiro atoms. The molecule has 1 amide bonds. The molecule has 0 saturated heterocycles. The van der Waals surface area contributed by atoms with E-state index in [2.05, 4.69) is 47.6 Å². The van der Waals surface area contributed by atoms with Gasteiger partial charge >= 0.3 is 0 Å². The number of nitrogens with one attached hydrogen (secondary N) is 2. The average Bonchev–Trinajstić information content (AvgIpc) is 3.63. The highest BCUT2D eigenvalue weighted by Gasteiger charge is 2.29. The van der Waals surface area contributed by atoms with Crippen molar-refractivity contribution in [3.8, 4) is 11.5 Å². The summed E-state index contributed by atoms with van der Waals surface area (Å²) in [5.41, 5.74) is 2.28. The molecule has 0 bridgehead atoms. The molecule has 1 fully saturated rings. The SMILES string of the molecule is C=C(Cc1cc(OC)ccn1)Nc1nnc([C@H]2CCC[C@H](c3nnc(NC(=O)Cc4cc(OC)ccn4)s3)C2)s1. The zero-order valence-corrected chi connectivity index (χ0v) is 23.9. The Hall–Kier alpha value is -3.97. The number of carbonyl (C=O) groups excluding carboxylic acids is 1. The molecule has 4 aromatic rings. The van der Waals surface area contributed by atoms with Crippen LogP contribution in [0.2, 0.25) is 0 Å². The number of allylic oxidation sites excluding steroid dienone is 1. The minimum Gasteiger partial charge on any atom is -0.497 e. The Balaban J connectivity index is 1.14. The first-order chi connectivity index (χ1) is 19.5. The molecule has 1 aliphatic rings. The number of amides is 1. The molecule has 11 nitrogen and oxygen atoms in total. The van der Waals surface area contributed by atoms with E-state index in [-0.39, 0.29) is 18.2 Å². The smallest absolute Gasteiger partial charge is 0.232 e. The lowest BCUT2D eigenvalue weighted by Crippen LogP contribution is -2.15. The summed E-state index contributed by atoms with van der Waals surface area (Å²) >= 11 is 2.99. The van der Waals surface area contributed by atoms with Crippen LogP contribution in [0, 0.1) is 0 Å². The van der Waals surface area contributed by atoms with Crippen LogP contribution in [0.1, 0.15) is 58.9 Å². The number of methoxy groups -OCH3 is 2. The quantitative estimate of drug-likeness (QED) is 0.250. The Morgan fingerprint density at radius 2 is 1.43 bits per heavy atom. The number of hydrogen-bond donors (Lipinski definition) is 2. The molecule has 40 heavy (non-hydrogen) atoms. The highest BCUT2D eigenvalue weighted by Crippen LogP contribution is 2.43. The van der Waals surface area contributed by atoms with Crippen molar-refractivity contribution in [1.29, 1.82) is 0 Å². The molecule has 2 N–H and O–H groups in total. The average molecular weight is 579 g/mol. The maximum absolute atomic E-state index is 12.5. The summed E-state index contributed by atoms with van der Waals surface area (Å²) in [5, 5.41) is 26.7. The van der Waals surface area contributed by atoms with E-state index in [0.717, 1.165) is 58.0 Å². The normalized spacial score (nSPS) is 16.8. The molecule has 4 aromatic heterocycles. The Morgan fingerprint density at radius 3 is 2.00 bits per heavy atom. The predicted molar refractivity (Wildman–Crippen MR) is 154 cm³/mol. The van der Waals surface area contributed by atoms with E-state index in [0.29, 0.717) is 28.9 Å². The first kappa shape index (κ1) is 27.6. The van der Waals surface area contributed by atoms with Crippen molar-refractivity contribution in [3.05, 3.63) is 70.3 Å². The van der Waals surface area contributed by atoms with Crippen LogP contribution in [0.25, 0.3) is 0 Å². The van der Waals surface area contributed by atoms with Crippen molar-refractivity contribution in [2.24, 2.45) is 0 Å². The third-order valence-electron chi connectivity index (χ3n) is 6.57. The van der Waals surface area contributed by atoms with E-state index in [4.69, 9.17) is 9.47 Å². The van der Waals surface area contributed by atoms with E-state index < -0.39 is 0 Å². The Morgan fingerprint density at radius 1 is 0.875 bits per heavy atom. The molecule has 208 valence electrons. The summed E-state index contributed by atoms with van der Waals surface area (Å²) in [6.45, 7) is 4.12. The van der Waals surface area contributed by atoms with Crippen LogP contribution >= 0.6 is 22.7 Å². The van der Waals surface area contributed by atoms with Crippen LogP contribution in [0.15, 0.2) is 48.9 Å². The van der Waals surface area contributed by atoms with Crippen molar-refractivity contribution in [2.45, 2.75) is 50.4 Å². The number of anilines is 2. The van der Waals surface area contributed by atoms with Gasteiger partial charge in [0.25, 0.3) is 0 Å². The zero-order chi connectivity index (χ0) is 27.9. The predicted octanol–water partition coefficient (Wildman–Crippen LogP) is 4.99. The van der Waals surface area contributed by atoms with E-state index in [9.17, 15) is 4.79 Å². The summed E-state index contributed by atoms with van der Waals surface area (Å²) in [4.78, 5) is 21.1. The van der Waals surface area contributed by atoms with Crippen LogP contribution in [-0.4, -0.2) is 50.5 Å². The minimum atomic E-state index is -0.192. The van der Waals surface area contributed by atoms with Gasteiger partial charge in [0.1, 0.15) is 21.5 Å². The van der Waals surface area contributed by atoms with E-state index in [1.54, 1.807) is 50.1 Å². The fourth-order valence-corrected chi connectivity index (χ4v) is 6.48. The molecule has 1 aliphatic carbocycles. The lowest BCUT2D eigenvalue weighted by molar-refractivity contribution is -0.115. The van der Waals surface area contributed by atoms with Crippen molar-refractivity contribution >= 4 is 38.8 Å². The summed E-state index contributed by atoms with van der Waals surface area (Å²) < 4.78 is 10.5. The first-order valence-corrected chi connectivity index (χ1v) is 14.5. The van der Waals surface area contributed by atoms with Crippen LogP contribution in [0.5, 0.6) is 11.5 Å². The number of ether oxygens (including phenoxy) is 2. The summed E-state index contributed by atoms with van der Waals surface area (Å²) in [6, 6.07) is 7.19. The van der Waals surface area contributed by atoms with Gasteiger partial charge in [0, 0.05) is 54.2 Å². The molecule has 13 heteroatoms. The fourth-order valence-electron chi connectivity index (χ4n) is 4.64. The van der Waals surface area contributed by atoms with Gasteiger partial charge in [0.05, 0.1) is 26.3 Å². The van der Waals surface area contributed by atoms with Gasteiger partial charge in [-0.1, -0.05) is 35.7 Å². The number of carbonyl (C=O) groups is 1. The lowest BCUT2D eigenvalue weighted by Gasteiger charge is -2.25. The third-order valence-corrected chi connectivity index (χ3v) is 8.57. The minimum absolute atomic E-state index is 0.132. The third kappa shape index (κ3) is 7.16. The monoisotopic (exact) mass is 578 g/mol. The molecule has 0 aromatic carbocycles. The summed E-state index contributed by atoms with van der Waals surface area (Å²) in [6.07, 6.45) is 8.10. The number of rotatable bonds is 11. The molecule has 0 unspecified atom stereocenters. The van der Waals surface area contributed by atoms with Gasteiger partial charge in [-0.3, -0.25) is 14.8 Å². The highest BCUT2D eigenvalue weighted by atomic mass is 32.1. The molecule has 4 heterocycles. The maximum Gasteiger partial charge on any atom is 0.232 e. The van der Waals surface area contributed by atoms with Crippen molar-refractivity contribution in [1.82, 2.24) is 30.4 Å². The van der Waals surface area contributed by atoms with E-state index in [1.807, 2.05) is 12.1 Å². The maximum atomic E-state index is 12.5. The van der Waals surface area contributed by atoms with Gasteiger partial charge in [0.2, 0.25) is 16.2 Å². The standard InChI is InChI=1S/C27H30N8O3S2/c1-16(11-19-13-21(37-2)7-9-28-19)30-26-34-32-24(39-26)17-5-4-6-18(12-17)25-33-35-27(40-25)31-23(36)15-20-14-22(38-3)8-10-29-20/h7-10,13-14,17-18H,1,4-6,11-12,15H2,2-3H3,(H,30,34)(H,31,35,36)/t17-,18-/m0/s1. The van der Waals surface area contributed by atoms with Crippen LogP contribution in [0.3, 0.4) is 0 Å². The second-order valence-corrected chi connectivity index (χ2v) is 11.5. The molecule has 0 aliphatic heterocycles. The Kier molecular flexibility index (Phi) is 8.91. The topological polar surface area (TPSA) is 137 Å². The molecule has 2 atom stereocenters. The van der Waals surface area contributed by atoms with Crippen molar-refractivity contribution in [3.63, 3.8) is 0 Å². The van der Waals surface area contributed by atoms with E-state index in [1.165, 1.54) is 11.3 Å². The summed E-state index contributed by atoms with van der Waals surface area (Å²) in [5.74, 6) is 1.79. The van der Waals surface area contributed by atoms with Gasteiger partial charge in [-0.2, -0.15) is 0 Å². The first-order valence-electron chi connectivity index (χ1n) is 12.9. The number of nitrogens with zero attached hydrogens (tertiary/aromatic N) is 6. The molecular formula is C27H30N8O3S2. The van der Waals surface area contributed by atoms with E-state index >= 15 is 0 Å². The largest absolute Gasteiger partial charge is 0.497 e.